The van der Waals surface area contributed by atoms with Gasteiger partial charge < -0.3 is 10.1 Å². The summed E-state index contributed by atoms with van der Waals surface area (Å²) in [5, 5.41) is 14.7. The molecule has 9 nitrogen and oxygen atoms in total. The second kappa shape index (κ2) is 11.8. The predicted octanol–water partition coefficient (Wildman–Crippen LogP) is 6.56. The summed E-state index contributed by atoms with van der Waals surface area (Å²) in [6.07, 6.45) is 3.58. The van der Waals surface area contributed by atoms with Gasteiger partial charge in [-0.05, 0) is 59.6 Å². The summed E-state index contributed by atoms with van der Waals surface area (Å²) in [6.45, 7) is 13.2. The second-order valence-electron chi connectivity index (χ2n) is 12.0. The molecule has 0 unspecified atom stereocenters. The highest BCUT2D eigenvalue weighted by Crippen LogP contribution is 2.38. The van der Waals surface area contributed by atoms with Gasteiger partial charge >= 0.3 is 0 Å². The van der Waals surface area contributed by atoms with E-state index in [2.05, 4.69) is 79.3 Å². The molecule has 5 rings (SSSR count). The van der Waals surface area contributed by atoms with Gasteiger partial charge in [0.05, 0.1) is 5.52 Å². The molecule has 0 aliphatic rings. The number of benzene rings is 2. The highest BCUT2D eigenvalue weighted by Gasteiger charge is 2.27. The molecule has 0 radical (unpaired) electrons. The second-order valence-corrected chi connectivity index (χ2v) is 12.0. The van der Waals surface area contributed by atoms with Crippen LogP contribution in [0, 0.1) is 0 Å². The van der Waals surface area contributed by atoms with Gasteiger partial charge in [0.1, 0.15) is 17.0 Å². The van der Waals surface area contributed by atoms with Crippen molar-refractivity contribution in [1.29, 1.82) is 0 Å². The molecule has 0 fully saturated rings. The Labute approximate surface area is 251 Å². The van der Waals surface area contributed by atoms with Gasteiger partial charge in [0.15, 0.2) is 12.4 Å². The number of nitrogens with zero attached hydrogens (tertiary/aromatic N) is 4. The SMILES string of the molecule is CCC(C)(C)c1ccc(OCC(=O)Nc2ccc(-c3n[nH]c4cc(=O)n(-c5ccccn5)nc34)cc2)c(C(C)(C)CC)c1. The van der Waals surface area contributed by atoms with Crippen molar-refractivity contribution in [3.8, 4) is 22.8 Å². The minimum absolute atomic E-state index is 0.0537. The number of fused-ring (bicyclic) bond motifs is 1. The van der Waals surface area contributed by atoms with Crippen LogP contribution in [0.25, 0.3) is 28.1 Å². The van der Waals surface area contributed by atoms with E-state index >= 15 is 0 Å². The van der Waals surface area contributed by atoms with Crippen molar-refractivity contribution in [3.05, 3.63) is 94.4 Å². The zero-order valence-electron chi connectivity index (χ0n) is 25.6. The average Bonchev–Trinajstić information content (AvgIpc) is 3.42. The molecular formula is C34H38N6O3. The van der Waals surface area contributed by atoms with Crippen LogP contribution in [0.4, 0.5) is 5.69 Å². The first kappa shape index (κ1) is 29.7. The zero-order valence-corrected chi connectivity index (χ0v) is 25.6. The van der Waals surface area contributed by atoms with Crippen LogP contribution in [0.1, 0.15) is 65.5 Å². The van der Waals surface area contributed by atoms with Crippen molar-refractivity contribution >= 4 is 22.6 Å². The molecule has 0 bridgehead atoms. The molecule has 0 aliphatic heterocycles. The third kappa shape index (κ3) is 6.21. The standard InChI is InChI=1S/C34H38N6O3/c1-7-33(3,4)23-14-17-27(25(19-23)34(5,6)8-2)43-21-29(41)36-24-15-12-22(13-16-24)31-32-26(37-38-31)20-30(42)40(39-32)28-11-9-10-18-35-28/h9-20,37H,7-8,21H2,1-6H3,(H,36,41). The Kier molecular flexibility index (Phi) is 8.17. The van der Waals surface area contributed by atoms with Crippen LogP contribution in [-0.2, 0) is 15.6 Å². The number of amides is 1. The molecule has 0 saturated heterocycles. The molecule has 2 N–H and O–H groups in total. The third-order valence-corrected chi connectivity index (χ3v) is 8.37. The third-order valence-electron chi connectivity index (χ3n) is 8.37. The number of rotatable bonds is 10. The van der Waals surface area contributed by atoms with E-state index in [9.17, 15) is 9.59 Å². The van der Waals surface area contributed by atoms with E-state index in [4.69, 9.17) is 4.74 Å². The maximum absolute atomic E-state index is 12.9. The fourth-order valence-corrected chi connectivity index (χ4v) is 4.78. The number of ether oxygens (including phenoxy) is 1. The summed E-state index contributed by atoms with van der Waals surface area (Å²) < 4.78 is 7.33. The number of carbonyl (C=O) groups is 1. The Morgan fingerprint density at radius 1 is 0.953 bits per heavy atom. The Morgan fingerprint density at radius 3 is 2.37 bits per heavy atom. The highest BCUT2D eigenvalue weighted by atomic mass is 16.5. The molecule has 43 heavy (non-hydrogen) atoms. The van der Waals surface area contributed by atoms with Gasteiger partial charge in [-0.3, -0.25) is 14.7 Å². The van der Waals surface area contributed by atoms with E-state index in [-0.39, 0.29) is 28.9 Å². The Morgan fingerprint density at radius 2 is 1.70 bits per heavy atom. The van der Waals surface area contributed by atoms with Crippen molar-refractivity contribution in [2.75, 3.05) is 11.9 Å². The first-order valence-electron chi connectivity index (χ1n) is 14.6. The minimum atomic E-state index is -0.312. The van der Waals surface area contributed by atoms with Crippen LogP contribution in [-0.4, -0.2) is 37.5 Å². The number of hydrogen-bond donors (Lipinski definition) is 2. The lowest BCUT2D eigenvalue weighted by molar-refractivity contribution is -0.118. The number of pyridine rings is 1. The van der Waals surface area contributed by atoms with Crippen molar-refractivity contribution in [3.63, 3.8) is 0 Å². The molecule has 0 aliphatic carbocycles. The molecule has 222 valence electrons. The first-order chi connectivity index (χ1) is 20.5. The van der Waals surface area contributed by atoms with Gasteiger partial charge in [0.25, 0.3) is 11.5 Å². The van der Waals surface area contributed by atoms with E-state index in [1.807, 2.05) is 18.2 Å². The van der Waals surface area contributed by atoms with Crippen LogP contribution in [0.2, 0.25) is 0 Å². The molecule has 3 heterocycles. The van der Waals surface area contributed by atoms with Gasteiger partial charge in [-0.2, -0.15) is 14.9 Å². The lowest BCUT2D eigenvalue weighted by Crippen LogP contribution is -2.24. The van der Waals surface area contributed by atoms with Crippen molar-refractivity contribution in [2.24, 2.45) is 0 Å². The Balaban J connectivity index is 1.31. The van der Waals surface area contributed by atoms with Gasteiger partial charge in [-0.1, -0.05) is 71.9 Å². The minimum Gasteiger partial charge on any atom is -0.483 e. The van der Waals surface area contributed by atoms with E-state index < -0.39 is 0 Å². The topological polar surface area (TPSA) is 115 Å². The summed E-state index contributed by atoms with van der Waals surface area (Å²) >= 11 is 0. The van der Waals surface area contributed by atoms with Crippen LogP contribution in [0.3, 0.4) is 0 Å². The summed E-state index contributed by atoms with van der Waals surface area (Å²) in [7, 11) is 0. The number of H-pyrrole nitrogens is 1. The number of nitrogens with one attached hydrogen (secondary N) is 2. The fourth-order valence-electron chi connectivity index (χ4n) is 4.78. The van der Waals surface area contributed by atoms with Gasteiger partial charge in [-0.25, -0.2) is 4.98 Å². The van der Waals surface area contributed by atoms with Gasteiger partial charge in [0.2, 0.25) is 0 Å². The summed E-state index contributed by atoms with van der Waals surface area (Å²) in [6, 6.07) is 20.4. The van der Waals surface area contributed by atoms with E-state index in [0.717, 1.165) is 29.7 Å². The molecular weight excluding hydrogens is 540 g/mol. The van der Waals surface area contributed by atoms with Crippen molar-refractivity contribution in [1.82, 2.24) is 25.0 Å². The highest BCUT2D eigenvalue weighted by molar-refractivity contribution is 5.93. The van der Waals surface area contributed by atoms with Crippen LogP contribution in [0.15, 0.2) is 77.7 Å². The normalized spacial score (nSPS) is 12.0. The molecule has 0 atom stereocenters. The Hall–Kier alpha value is -4.79. The molecule has 3 aromatic heterocycles. The summed E-state index contributed by atoms with van der Waals surface area (Å²) in [5.41, 5.74) is 5.08. The average molecular weight is 579 g/mol. The number of carbonyl (C=O) groups excluding carboxylic acids is 1. The summed E-state index contributed by atoms with van der Waals surface area (Å²) in [5.74, 6) is 0.903. The molecule has 0 spiro atoms. The van der Waals surface area contributed by atoms with E-state index in [0.29, 0.717) is 28.2 Å². The lowest BCUT2D eigenvalue weighted by Gasteiger charge is -2.30. The Bertz CT molecular complexity index is 1800. The quantitative estimate of drug-likeness (QED) is 0.194. The first-order valence-corrected chi connectivity index (χ1v) is 14.6. The molecule has 9 heteroatoms. The maximum Gasteiger partial charge on any atom is 0.275 e. The van der Waals surface area contributed by atoms with Crippen LogP contribution >= 0.6 is 0 Å². The van der Waals surface area contributed by atoms with E-state index in [1.54, 1.807) is 36.5 Å². The monoisotopic (exact) mass is 578 g/mol. The van der Waals surface area contributed by atoms with E-state index in [1.165, 1.54) is 16.3 Å². The largest absolute Gasteiger partial charge is 0.483 e. The number of aromatic amines is 1. The molecule has 2 aromatic carbocycles. The maximum atomic E-state index is 12.9. The lowest BCUT2D eigenvalue weighted by atomic mass is 9.76. The predicted molar refractivity (Wildman–Crippen MR) is 170 cm³/mol. The zero-order chi connectivity index (χ0) is 30.8. The number of hydrogen-bond acceptors (Lipinski definition) is 6. The summed E-state index contributed by atoms with van der Waals surface area (Å²) in [4.78, 5) is 29.7. The molecule has 1 amide bonds. The molecule has 5 aromatic rings. The van der Waals surface area contributed by atoms with Crippen LogP contribution < -0.4 is 15.6 Å². The van der Waals surface area contributed by atoms with Crippen molar-refractivity contribution in [2.45, 2.75) is 65.2 Å². The number of anilines is 1. The molecule has 0 saturated carbocycles. The van der Waals surface area contributed by atoms with Gasteiger partial charge in [-0.15, -0.1) is 0 Å². The van der Waals surface area contributed by atoms with Gasteiger partial charge in [0, 0.05) is 29.1 Å². The smallest absolute Gasteiger partial charge is 0.275 e. The number of aromatic nitrogens is 5. The van der Waals surface area contributed by atoms with Crippen molar-refractivity contribution < 1.29 is 9.53 Å². The fraction of sp³-hybridized carbons (Fsp3) is 0.324. The van der Waals surface area contributed by atoms with Crippen LogP contribution in [0.5, 0.6) is 5.75 Å².